The van der Waals surface area contributed by atoms with E-state index in [2.05, 4.69) is 39.3 Å². The van der Waals surface area contributed by atoms with Crippen LogP contribution in [0.4, 0.5) is 0 Å². The molecule has 2 saturated heterocycles. The van der Waals surface area contributed by atoms with Gasteiger partial charge in [-0.25, -0.2) is 0 Å². The third-order valence-electron chi connectivity index (χ3n) is 5.01. The van der Waals surface area contributed by atoms with E-state index < -0.39 is 0 Å². The molecule has 0 radical (unpaired) electrons. The zero-order valence-corrected chi connectivity index (χ0v) is 12.7. The summed E-state index contributed by atoms with van der Waals surface area (Å²) in [7, 11) is 0. The fourth-order valence-corrected chi connectivity index (χ4v) is 3.64. The van der Waals surface area contributed by atoms with Crippen LogP contribution in [0.3, 0.4) is 0 Å². The topological polar surface area (TPSA) is 33.1 Å². The Bertz CT molecular complexity index is 400. The van der Waals surface area contributed by atoms with E-state index in [9.17, 15) is 0 Å². The van der Waals surface area contributed by atoms with Crippen molar-refractivity contribution in [3.8, 4) is 0 Å². The minimum Gasteiger partial charge on any atom is -0.317 e. The normalized spacial score (nSPS) is 23.2. The maximum Gasteiger partial charge on any atom is 0.0524 e. The van der Waals surface area contributed by atoms with Crippen molar-refractivity contribution in [2.45, 2.75) is 45.1 Å². The van der Waals surface area contributed by atoms with Gasteiger partial charge in [0.25, 0.3) is 0 Å². The van der Waals surface area contributed by atoms with Crippen LogP contribution in [0.25, 0.3) is 0 Å². The average molecular weight is 276 g/mol. The summed E-state index contributed by atoms with van der Waals surface area (Å²) in [5, 5.41) is 7.88. The largest absolute Gasteiger partial charge is 0.317 e. The molecular weight excluding hydrogens is 248 g/mol. The molecule has 3 rings (SSSR count). The maximum atomic E-state index is 4.42. The SMILES string of the molecule is CCn1cc(C2CCN(CC3CCNCC3)CC2)cn1. The maximum absolute atomic E-state index is 4.42. The standard InChI is InChI=1S/C16H28N4/c1-2-20-13-16(11-18-20)15-5-9-19(10-6-15)12-14-3-7-17-8-4-14/h11,13-15,17H,2-10,12H2,1H3. The molecule has 0 spiro atoms. The smallest absolute Gasteiger partial charge is 0.0524 e. The first-order valence-electron chi connectivity index (χ1n) is 8.30. The van der Waals surface area contributed by atoms with Gasteiger partial charge in [0.05, 0.1) is 6.20 Å². The first-order valence-corrected chi connectivity index (χ1v) is 8.30. The van der Waals surface area contributed by atoms with Crippen molar-refractivity contribution in [3.63, 3.8) is 0 Å². The molecule has 0 bridgehead atoms. The number of piperidine rings is 2. The average Bonchev–Trinajstić information content (AvgIpc) is 2.98. The minimum atomic E-state index is 0.736. The van der Waals surface area contributed by atoms with Crippen molar-refractivity contribution in [2.75, 3.05) is 32.7 Å². The van der Waals surface area contributed by atoms with Gasteiger partial charge in [-0.1, -0.05) is 0 Å². The van der Waals surface area contributed by atoms with Gasteiger partial charge in [-0.2, -0.15) is 5.10 Å². The van der Waals surface area contributed by atoms with Gasteiger partial charge >= 0.3 is 0 Å². The van der Waals surface area contributed by atoms with Crippen molar-refractivity contribution in [1.82, 2.24) is 20.0 Å². The number of aromatic nitrogens is 2. The molecule has 4 heteroatoms. The van der Waals surface area contributed by atoms with Gasteiger partial charge in [0.1, 0.15) is 0 Å². The fraction of sp³-hybridized carbons (Fsp3) is 0.812. The zero-order valence-electron chi connectivity index (χ0n) is 12.7. The molecule has 2 aliphatic rings. The lowest BCUT2D eigenvalue weighted by molar-refractivity contribution is 0.167. The quantitative estimate of drug-likeness (QED) is 0.914. The number of aryl methyl sites for hydroxylation is 1. The molecule has 0 unspecified atom stereocenters. The summed E-state index contributed by atoms with van der Waals surface area (Å²) in [5.41, 5.74) is 1.45. The van der Waals surface area contributed by atoms with Crippen LogP contribution < -0.4 is 5.32 Å². The number of nitrogens with one attached hydrogen (secondary N) is 1. The first-order chi connectivity index (χ1) is 9.85. The molecule has 2 fully saturated rings. The predicted octanol–water partition coefficient (Wildman–Crippen LogP) is 2.08. The third kappa shape index (κ3) is 3.41. The van der Waals surface area contributed by atoms with Crippen LogP contribution >= 0.6 is 0 Å². The van der Waals surface area contributed by atoms with Gasteiger partial charge in [-0.05, 0) is 76.2 Å². The number of nitrogens with zero attached hydrogens (tertiary/aromatic N) is 3. The molecule has 0 atom stereocenters. The Morgan fingerprint density at radius 3 is 2.60 bits per heavy atom. The Morgan fingerprint density at radius 1 is 1.20 bits per heavy atom. The molecule has 112 valence electrons. The second kappa shape index (κ2) is 6.72. The van der Waals surface area contributed by atoms with Crippen molar-refractivity contribution < 1.29 is 0 Å². The highest BCUT2D eigenvalue weighted by Crippen LogP contribution is 2.28. The molecule has 1 N–H and O–H groups in total. The lowest BCUT2D eigenvalue weighted by atomic mass is 9.90. The zero-order chi connectivity index (χ0) is 13.8. The van der Waals surface area contributed by atoms with Crippen LogP contribution in [0.2, 0.25) is 0 Å². The summed E-state index contributed by atoms with van der Waals surface area (Å²) in [6.07, 6.45) is 9.66. The minimum absolute atomic E-state index is 0.736. The predicted molar refractivity (Wildman–Crippen MR) is 81.9 cm³/mol. The van der Waals surface area contributed by atoms with E-state index in [0.717, 1.165) is 18.4 Å². The molecule has 3 heterocycles. The third-order valence-corrected chi connectivity index (χ3v) is 5.01. The van der Waals surface area contributed by atoms with Gasteiger partial charge in [0.15, 0.2) is 0 Å². The Labute approximate surface area is 122 Å². The summed E-state index contributed by atoms with van der Waals surface area (Å²) >= 11 is 0. The second-order valence-corrected chi connectivity index (χ2v) is 6.40. The van der Waals surface area contributed by atoms with Crippen molar-refractivity contribution in [2.24, 2.45) is 5.92 Å². The monoisotopic (exact) mass is 276 g/mol. The van der Waals surface area contributed by atoms with Crippen molar-refractivity contribution >= 4 is 0 Å². The summed E-state index contributed by atoms with van der Waals surface area (Å²) in [6.45, 7) is 9.43. The molecule has 1 aromatic heterocycles. The van der Waals surface area contributed by atoms with E-state index in [1.54, 1.807) is 0 Å². The number of hydrogen-bond acceptors (Lipinski definition) is 3. The summed E-state index contributed by atoms with van der Waals surface area (Å²) in [4.78, 5) is 2.69. The molecular formula is C16H28N4. The molecule has 4 nitrogen and oxygen atoms in total. The molecule has 0 aromatic carbocycles. The number of rotatable bonds is 4. The van der Waals surface area contributed by atoms with Crippen molar-refractivity contribution in [3.05, 3.63) is 18.0 Å². The molecule has 0 amide bonds. The highest BCUT2D eigenvalue weighted by atomic mass is 15.3. The summed E-state index contributed by atoms with van der Waals surface area (Å²) < 4.78 is 2.05. The fourth-order valence-electron chi connectivity index (χ4n) is 3.64. The molecule has 2 aliphatic heterocycles. The highest BCUT2D eigenvalue weighted by Gasteiger charge is 2.24. The number of likely N-dealkylation sites (tertiary alicyclic amines) is 1. The summed E-state index contributed by atoms with van der Waals surface area (Å²) in [5.74, 6) is 1.66. The molecule has 1 aromatic rings. The van der Waals surface area contributed by atoms with Crippen LogP contribution in [0.5, 0.6) is 0 Å². The first kappa shape index (κ1) is 14.1. The second-order valence-electron chi connectivity index (χ2n) is 6.40. The lowest BCUT2D eigenvalue weighted by Gasteiger charge is -2.35. The molecule has 0 aliphatic carbocycles. The Balaban J connectivity index is 1.46. The molecule has 0 saturated carbocycles. The Kier molecular flexibility index (Phi) is 4.73. The van der Waals surface area contributed by atoms with Gasteiger partial charge in [-0.3, -0.25) is 4.68 Å². The number of hydrogen-bond donors (Lipinski definition) is 1. The van der Waals surface area contributed by atoms with E-state index in [0.29, 0.717) is 0 Å². The van der Waals surface area contributed by atoms with E-state index in [-0.39, 0.29) is 0 Å². The highest BCUT2D eigenvalue weighted by molar-refractivity contribution is 5.12. The van der Waals surface area contributed by atoms with E-state index in [4.69, 9.17) is 0 Å². The lowest BCUT2D eigenvalue weighted by Crippen LogP contribution is -2.39. The van der Waals surface area contributed by atoms with Gasteiger partial charge in [0, 0.05) is 19.3 Å². The van der Waals surface area contributed by atoms with Gasteiger partial charge in [-0.15, -0.1) is 0 Å². The van der Waals surface area contributed by atoms with Crippen LogP contribution in [0.15, 0.2) is 12.4 Å². The van der Waals surface area contributed by atoms with Gasteiger partial charge in [0.2, 0.25) is 0 Å². The van der Waals surface area contributed by atoms with E-state index in [1.807, 2.05) is 0 Å². The molecule has 20 heavy (non-hydrogen) atoms. The van der Waals surface area contributed by atoms with Crippen LogP contribution in [-0.4, -0.2) is 47.4 Å². The van der Waals surface area contributed by atoms with Crippen LogP contribution in [0.1, 0.15) is 44.1 Å². The summed E-state index contributed by atoms with van der Waals surface area (Å²) in [6, 6.07) is 0. The Hall–Kier alpha value is -0.870. The van der Waals surface area contributed by atoms with E-state index >= 15 is 0 Å². The van der Waals surface area contributed by atoms with Gasteiger partial charge < -0.3 is 10.2 Å². The van der Waals surface area contributed by atoms with Crippen molar-refractivity contribution in [1.29, 1.82) is 0 Å². The Morgan fingerprint density at radius 2 is 1.95 bits per heavy atom. The van der Waals surface area contributed by atoms with E-state index in [1.165, 1.54) is 64.0 Å². The van der Waals surface area contributed by atoms with Crippen LogP contribution in [0, 0.1) is 5.92 Å². The van der Waals surface area contributed by atoms with Crippen LogP contribution in [-0.2, 0) is 6.54 Å².